The number of hydrogen-bond acceptors (Lipinski definition) is 4. The molecule has 2 atom stereocenters. The lowest BCUT2D eigenvalue weighted by Gasteiger charge is -2.32. The number of nitrogens with zero attached hydrogens (tertiary/aromatic N) is 3. The summed E-state index contributed by atoms with van der Waals surface area (Å²) in [5.41, 5.74) is 0.578. The Hall–Kier alpha value is -1.14. The molecule has 27 heavy (non-hydrogen) atoms. The Kier molecular flexibility index (Phi) is 6.79. The van der Waals surface area contributed by atoms with Gasteiger partial charge in [0, 0.05) is 26.2 Å². The molecule has 3 rings (SSSR count). The minimum absolute atomic E-state index is 0.0434. The molecule has 1 aliphatic heterocycles. The lowest BCUT2D eigenvalue weighted by atomic mass is 10.1. The summed E-state index contributed by atoms with van der Waals surface area (Å²) in [7, 11) is 0. The van der Waals surface area contributed by atoms with Crippen molar-refractivity contribution >= 4 is 34.1 Å². The Morgan fingerprint density at radius 2 is 2.04 bits per heavy atom. The van der Waals surface area contributed by atoms with Crippen LogP contribution < -0.4 is 10.9 Å². The van der Waals surface area contributed by atoms with Crippen LogP contribution in [0.1, 0.15) is 45.5 Å². The molecule has 1 fully saturated rings. The molecule has 1 saturated heterocycles. The molecule has 2 heterocycles. The SMILES string of the molecule is CCC[C@@H](c1nc2cc(Cl)c(Cl)cc2c(=O)n1CC)N1CCNC[C@H](C)C1. The van der Waals surface area contributed by atoms with Gasteiger partial charge in [0.2, 0.25) is 0 Å². The monoisotopic (exact) mass is 410 g/mol. The Morgan fingerprint density at radius 3 is 2.74 bits per heavy atom. The molecule has 148 valence electrons. The van der Waals surface area contributed by atoms with Gasteiger partial charge in [-0.05, 0) is 37.9 Å². The molecule has 0 saturated carbocycles. The molecule has 1 aliphatic rings. The molecule has 1 aromatic heterocycles. The van der Waals surface area contributed by atoms with Crippen LogP contribution in [0.4, 0.5) is 0 Å². The number of nitrogens with one attached hydrogen (secondary N) is 1. The summed E-state index contributed by atoms with van der Waals surface area (Å²) >= 11 is 12.3. The molecule has 0 radical (unpaired) electrons. The van der Waals surface area contributed by atoms with E-state index in [4.69, 9.17) is 28.2 Å². The summed E-state index contributed by atoms with van der Waals surface area (Å²) < 4.78 is 1.80. The van der Waals surface area contributed by atoms with Crippen LogP contribution in [-0.2, 0) is 6.54 Å². The predicted octanol–water partition coefficient (Wildman–Crippen LogP) is 4.11. The fourth-order valence-electron chi connectivity index (χ4n) is 3.95. The second-order valence-corrected chi connectivity index (χ2v) is 8.23. The van der Waals surface area contributed by atoms with Crippen molar-refractivity contribution in [1.82, 2.24) is 19.8 Å². The van der Waals surface area contributed by atoms with E-state index < -0.39 is 0 Å². The van der Waals surface area contributed by atoms with Crippen molar-refractivity contribution < 1.29 is 0 Å². The maximum atomic E-state index is 13.2. The van der Waals surface area contributed by atoms with Gasteiger partial charge in [0.15, 0.2) is 0 Å². The first-order chi connectivity index (χ1) is 13.0. The second kappa shape index (κ2) is 8.91. The second-order valence-electron chi connectivity index (χ2n) is 7.41. The molecule has 0 bridgehead atoms. The molecule has 0 spiro atoms. The van der Waals surface area contributed by atoms with Crippen LogP contribution in [0.3, 0.4) is 0 Å². The first kappa shape index (κ1) is 20.6. The summed E-state index contributed by atoms with van der Waals surface area (Å²) in [4.78, 5) is 20.6. The Morgan fingerprint density at radius 1 is 1.30 bits per heavy atom. The summed E-state index contributed by atoms with van der Waals surface area (Å²) in [5, 5.41) is 4.83. The summed E-state index contributed by atoms with van der Waals surface area (Å²) in [6.07, 6.45) is 1.99. The molecule has 0 aliphatic carbocycles. The first-order valence-corrected chi connectivity index (χ1v) is 10.6. The first-order valence-electron chi connectivity index (χ1n) is 9.80. The van der Waals surface area contributed by atoms with Gasteiger partial charge in [0.05, 0.1) is 27.0 Å². The molecule has 1 N–H and O–H groups in total. The van der Waals surface area contributed by atoms with Crippen LogP contribution in [-0.4, -0.2) is 40.6 Å². The summed E-state index contributed by atoms with van der Waals surface area (Å²) in [5.74, 6) is 1.40. The summed E-state index contributed by atoms with van der Waals surface area (Å²) in [6.45, 7) is 10.9. The highest BCUT2D eigenvalue weighted by molar-refractivity contribution is 6.42. The van der Waals surface area contributed by atoms with E-state index in [2.05, 4.69) is 24.1 Å². The number of aromatic nitrogens is 2. The minimum atomic E-state index is -0.0434. The van der Waals surface area contributed by atoms with Gasteiger partial charge < -0.3 is 5.32 Å². The zero-order valence-electron chi connectivity index (χ0n) is 16.3. The normalized spacial score (nSPS) is 20.0. The van der Waals surface area contributed by atoms with Crippen LogP contribution in [0.2, 0.25) is 10.0 Å². The lowest BCUT2D eigenvalue weighted by Crippen LogP contribution is -2.38. The molecule has 0 unspecified atom stereocenters. The molecule has 2 aromatic rings. The van der Waals surface area contributed by atoms with Crippen molar-refractivity contribution in [2.75, 3.05) is 26.2 Å². The standard InChI is InChI=1S/C20H28Cl2N4O/c1-4-6-18(25-8-7-23-11-13(3)12-25)19-24-17-10-16(22)15(21)9-14(17)20(27)26(19)5-2/h9-10,13,18,23H,4-8,11-12H2,1-3H3/t13-,18-/m0/s1. The fraction of sp³-hybridized carbons (Fsp3) is 0.600. The third-order valence-electron chi connectivity index (χ3n) is 5.26. The average Bonchev–Trinajstić information content (AvgIpc) is 2.85. The summed E-state index contributed by atoms with van der Waals surface area (Å²) in [6, 6.07) is 3.46. The van der Waals surface area contributed by atoms with Crippen molar-refractivity contribution in [3.63, 3.8) is 0 Å². The van der Waals surface area contributed by atoms with Gasteiger partial charge in [-0.25, -0.2) is 4.98 Å². The smallest absolute Gasteiger partial charge is 0.261 e. The average molecular weight is 411 g/mol. The van der Waals surface area contributed by atoms with Crippen LogP contribution in [0.25, 0.3) is 10.9 Å². The largest absolute Gasteiger partial charge is 0.315 e. The van der Waals surface area contributed by atoms with Crippen molar-refractivity contribution in [1.29, 1.82) is 0 Å². The van der Waals surface area contributed by atoms with Gasteiger partial charge in [-0.15, -0.1) is 0 Å². The van der Waals surface area contributed by atoms with E-state index in [0.29, 0.717) is 33.4 Å². The number of halogens is 2. The van der Waals surface area contributed by atoms with Crippen molar-refractivity contribution in [2.24, 2.45) is 5.92 Å². The van der Waals surface area contributed by atoms with E-state index in [-0.39, 0.29) is 11.6 Å². The maximum Gasteiger partial charge on any atom is 0.261 e. The molecule has 0 amide bonds. The Bertz CT molecular complexity index is 867. The molecular formula is C20H28Cl2N4O. The van der Waals surface area contributed by atoms with Crippen LogP contribution in [0.15, 0.2) is 16.9 Å². The molecular weight excluding hydrogens is 383 g/mol. The number of rotatable bonds is 5. The van der Waals surface area contributed by atoms with Gasteiger partial charge in [-0.1, -0.05) is 43.5 Å². The van der Waals surface area contributed by atoms with Crippen LogP contribution in [0, 0.1) is 5.92 Å². The van der Waals surface area contributed by atoms with Gasteiger partial charge in [-0.3, -0.25) is 14.3 Å². The van der Waals surface area contributed by atoms with E-state index in [1.807, 2.05) is 6.92 Å². The van der Waals surface area contributed by atoms with E-state index in [1.54, 1.807) is 16.7 Å². The quantitative estimate of drug-likeness (QED) is 0.805. The minimum Gasteiger partial charge on any atom is -0.315 e. The van der Waals surface area contributed by atoms with Gasteiger partial charge in [0.1, 0.15) is 5.82 Å². The predicted molar refractivity (Wildman–Crippen MR) is 113 cm³/mol. The highest BCUT2D eigenvalue weighted by Gasteiger charge is 2.27. The van der Waals surface area contributed by atoms with Crippen molar-refractivity contribution in [3.8, 4) is 0 Å². The molecule has 7 heteroatoms. The van der Waals surface area contributed by atoms with Crippen LogP contribution in [0.5, 0.6) is 0 Å². The number of hydrogen-bond donors (Lipinski definition) is 1. The van der Waals surface area contributed by atoms with E-state index >= 15 is 0 Å². The highest BCUT2D eigenvalue weighted by Crippen LogP contribution is 2.29. The van der Waals surface area contributed by atoms with E-state index in [9.17, 15) is 4.79 Å². The lowest BCUT2D eigenvalue weighted by molar-refractivity contribution is 0.169. The molecule has 5 nitrogen and oxygen atoms in total. The van der Waals surface area contributed by atoms with Crippen molar-refractivity contribution in [2.45, 2.75) is 46.2 Å². The van der Waals surface area contributed by atoms with E-state index in [0.717, 1.165) is 44.8 Å². The fourth-order valence-corrected chi connectivity index (χ4v) is 4.27. The van der Waals surface area contributed by atoms with E-state index in [1.165, 1.54) is 0 Å². The topological polar surface area (TPSA) is 50.2 Å². The molecule has 1 aromatic carbocycles. The number of benzene rings is 1. The van der Waals surface area contributed by atoms with Crippen LogP contribution >= 0.6 is 23.2 Å². The maximum absolute atomic E-state index is 13.2. The Labute approximate surface area is 170 Å². The third kappa shape index (κ3) is 4.32. The Balaban J connectivity index is 2.16. The highest BCUT2D eigenvalue weighted by atomic mass is 35.5. The van der Waals surface area contributed by atoms with Gasteiger partial charge >= 0.3 is 0 Å². The van der Waals surface area contributed by atoms with Gasteiger partial charge in [-0.2, -0.15) is 0 Å². The number of fused-ring (bicyclic) bond motifs is 1. The van der Waals surface area contributed by atoms with Crippen molar-refractivity contribution in [3.05, 3.63) is 38.4 Å². The van der Waals surface area contributed by atoms with Gasteiger partial charge in [0.25, 0.3) is 5.56 Å². The third-order valence-corrected chi connectivity index (χ3v) is 5.98. The zero-order valence-corrected chi connectivity index (χ0v) is 17.8. The zero-order chi connectivity index (χ0) is 19.6.